The van der Waals surface area contributed by atoms with Crippen LogP contribution in [0.3, 0.4) is 0 Å². The highest BCUT2D eigenvalue weighted by atomic mass is 16.5. The standard InChI is InChI=1S/C20H22N2O3/c23-19(16-4-2-1-3-5-16)17-6-8-18(9-7-17)20(24)21-10-11-22-12-14-25-15-13-22/h1-9H,10-15H2,(H,21,24). The van der Waals surface area contributed by atoms with Crippen molar-refractivity contribution < 1.29 is 14.3 Å². The van der Waals surface area contributed by atoms with Crippen molar-refractivity contribution in [1.82, 2.24) is 10.2 Å². The van der Waals surface area contributed by atoms with E-state index in [1.165, 1.54) is 0 Å². The molecule has 1 aliphatic heterocycles. The largest absolute Gasteiger partial charge is 0.379 e. The number of ketones is 1. The predicted octanol–water partition coefficient (Wildman–Crippen LogP) is 1.98. The van der Waals surface area contributed by atoms with E-state index in [4.69, 9.17) is 4.74 Å². The van der Waals surface area contributed by atoms with Crippen LogP contribution in [-0.2, 0) is 4.74 Å². The third kappa shape index (κ3) is 4.75. The van der Waals surface area contributed by atoms with Crippen LogP contribution < -0.4 is 5.32 Å². The Balaban J connectivity index is 1.52. The average molecular weight is 338 g/mol. The highest BCUT2D eigenvalue weighted by Gasteiger charge is 2.12. The number of carbonyl (C=O) groups excluding carboxylic acids is 2. The maximum absolute atomic E-state index is 12.4. The van der Waals surface area contributed by atoms with Crippen LogP contribution in [0.1, 0.15) is 26.3 Å². The van der Waals surface area contributed by atoms with Crippen molar-refractivity contribution in [3.05, 3.63) is 71.3 Å². The highest BCUT2D eigenvalue weighted by molar-refractivity contribution is 6.09. The molecule has 1 fully saturated rings. The van der Waals surface area contributed by atoms with Crippen LogP contribution in [0, 0.1) is 0 Å². The minimum atomic E-state index is -0.119. The van der Waals surface area contributed by atoms with Crippen LogP contribution in [0.15, 0.2) is 54.6 Å². The Labute approximate surface area is 147 Å². The quantitative estimate of drug-likeness (QED) is 0.818. The van der Waals surface area contributed by atoms with Crippen molar-refractivity contribution in [2.24, 2.45) is 0 Å². The number of ether oxygens (including phenoxy) is 1. The number of benzene rings is 2. The fourth-order valence-electron chi connectivity index (χ4n) is 2.78. The minimum absolute atomic E-state index is 0.0418. The minimum Gasteiger partial charge on any atom is -0.379 e. The summed E-state index contributed by atoms with van der Waals surface area (Å²) >= 11 is 0. The van der Waals surface area contributed by atoms with E-state index in [2.05, 4.69) is 10.2 Å². The molecular formula is C20H22N2O3. The van der Waals surface area contributed by atoms with E-state index in [9.17, 15) is 9.59 Å². The number of carbonyl (C=O) groups is 2. The lowest BCUT2D eigenvalue weighted by molar-refractivity contribution is 0.0383. The molecule has 25 heavy (non-hydrogen) atoms. The SMILES string of the molecule is O=C(NCCN1CCOCC1)c1ccc(C(=O)c2ccccc2)cc1. The first kappa shape index (κ1) is 17.3. The Morgan fingerprint density at radius 1 is 0.880 bits per heavy atom. The lowest BCUT2D eigenvalue weighted by atomic mass is 10.0. The van der Waals surface area contributed by atoms with Gasteiger partial charge in [-0.2, -0.15) is 0 Å². The Kier molecular flexibility index (Phi) is 5.93. The van der Waals surface area contributed by atoms with Crippen LogP contribution >= 0.6 is 0 Å². The molecule has 1 heterocycles. The number of rotatable bonds is 6. The first-order valence-corrected chi connectivity index (χ1v) is 8.52. The van der Waals surface area contributed by atoms with Crippen molar-refractivity contribution in [3.8, 4) is 0 Å². The zero-order chi connectivity index (χ0) is 17.5. The second-order valence-electron chi connectivity index (χ2n) is 5.98. The summed E-state index contributed by atoms with van der Waals surface area (Å²) in [5.41, 5.74) is 1.79. The van der Waals surface area contributed by atoms with Gasteiger partial charge in [0.15, 0.2) is 5.78 Å². The van der Waals surface area contributed by atoms with E-state index in [-0.39, 0.29) is 11.7 Å². The summed E-state index contributed by atoms with van der Waals surface area (Å²) in [6.07, 6.45) is 0. The second-order valence-corrected chi connectivity index (χ2v) is 5.98. The number of morpholine rings is 1. The van der Waals surface area contributed by atoms with E-state index >= 15 is 0 Å². The maximum atomic E-state index is 12.4. The Hall–Kier alpha value is -2.50. The monoisotopic (exact) mass is 338 g/mol. The summed E-state index contributed by atoms with van der Waals surface area (Å²) < 4.78 is 5.30. The van der Waals surface area contributed by atoms with Gasteiger partial charge in [-0.1, -0.05) is 42.5 Å². The van der Waals surface area contributed by atoms with Crippen LogP contribution in [0.4, 0.5) is 0 Å². The molecule has 5 heteroatoms. The van der Waals surface area contributed by atoms with Crippen LogP contribution in [0.2, 0.25) is 0 Å². The molecule has 2 aromatic rings. The van der Waals surface area contributed by atoms with Gasteiger partial charge in [-0.15, -0.1) is 0 Å². The molecular weight excluding hydrogens is 316 g/mol. The molecule has 0 atom stereocenters. The fraction of sp³-hybridized carbons (Fsp3) is 0.300. The van der Waals surface area contributed by atoms with Crippen LogP contribution in [0.25, 0.3) is 0 Å². The number of hydrogen-bond donors (Lipinski definition) is 1. The fourth-order valence-corrected chi connectivity index (χ4v) is 2.78. The molecule has 0 spiro atoms. The normalized spacial score (nSPS) is 14.9. The van der Waals surface area contributed by atoms with Crippen LogP contribution in [-0.4, -0.2) is 56.0 Å². The molecule has 130 valence electrons. The molecule has 0 bridgehead atoms. The van der Waals surface area contributed by atoms with Gasteiger partial charge in [0.05, 0.1) is 13.2 Å². The van der Waals surface area contributed by atoms with Gasteiger partial charge in [-0.05, 0) is 12.1 Å². The van der Waals surface area contributed by atoms with Crippen molar-refractivity contribution in [3.63, 3.8) is 0 Å². The van der Waals surface area contributed by atoms with E-state index in [1.807, 2.05) is 18.2 Å². The third-order valence-electron chi connectivity index (χ3n) is 4.26. The smallest absolute Gasteiger partial charge is 0.251 e. The summed E-state index contributed by atoms with van der Waals surface area (Å²) in [6.45, 7) is 4.75. The molecule has 1 N–H and O–H groups in total. The summed E-state index contributed by atoms with van der Waals surface area (Å²) in [5.74, 6) is -0.160. The zero-order valence-corrected chi connectivity index (χ0v) is 14.1. The molecule has 3 rings (SSSR count). The van der Waals surface area contributed by atoms with Crippen molar-refractivity contribution in [2.45, 2.75) is 0 Å². The average Bonchev–Trinajstić information content (AvgIpc) is 2.69. The number of nitrogens with zero attached hydrogens (tertiary/aromatic N) is 1. The topological polar surface area (TPSA) is 58.6 Å². The van der Waals surface area contributed by atoms with Gasteiger partial charge >= 0.3 is 0 Å². The van der Waals surface area contributed by atoms with E-state index < -0.39 is 0 Å². The van der Waals surface area contributed by atoms with Crippen LogP contribution in [0.5, 0.6) is 0 Å². The third-order valence-corrected chi connectivity index (χ3v) is 4.26. The number of hydrogen-bond acceptors (Lipinski definition) is 4. The van der Waals surface area contributed by atoms with Gasteiger partial charge in [0.2, 0.25) is 0 Å². The van der Waals surface area contributed by atoms with Crippen molar-refractivity contribution >= 4 is 11.7 Å². The molecule has 0 unspecified atom stereocenters. The number of amides is 1. The molecule has 1 saturated heterocycles. The molecule has 0 saturated carbocycles. The Morgan fingerprint density at radius 3 is 2.16 bits per heavy atom. The summed E-state index contributed by atoms with van der Waals surface area (Å²) in [7, 11) is 0. The van der Waals surface area contributed by atoms with Gasteiger partial charge in [-0.25, -0.2) is 0 Å². The van der Waals surface area contributed by atoms with Gasteiger partial charge in [0.25, 0.3) is 5.91 Å². The number of nitrogens with one attached hydrogen (secondary N) is 1. The lowest BCUT2D eigenvalue weighted by Gasteiger charge is -2.26. The van der Waals surface area contributed by atoms with Gasteiger partial charge in [0, 0.05) is 42.9 Å². The molecule has 5 nitrogen and oxygen atoms in total. The van der Waals surface area contributed by atoms with E-state index in [1.54, 1.807) is 36.4 Å². The van der Waals surface area contributed by atoms with Crippen molar-refractivity contribution in [1.29, 1.82) is 0 Å². The summed E-state index contributed by atoms with van der Waals surface area (Å²) in [6, 6.07) is 15.9. The van der Waals surface area contributed by atoms with E-state index in [0.717, 1.165) is 32.8 Å². The van der Waals surface area contributed by atoms with Gasteiger partial charge < -0.3 is 10.1 Å². The predicted molar refractivity (Wildman–Crippen MR) is 95.9 cm³/mol. The Morgan fingerprint density at radius 2 is 1.48 bits per heavy atom. The lowest BCUT2D eigenvalue weighted by Crippen LogP contribution is -2.41. The molecule has 0 radical (unpaired) electrons. The molecule has 0 aromatic heterocycles. The zero-order valence-electron chi connectivity index (χ0n) is 14.1. The van der Waals surface area contributed by atoms with Gasteiger partial charge in [-0.3, -0.25) is 14.5 Å². The highest BCUT2D eigenvalue weighted by Crippen LogP contribution is 2.11. The second kappa shape index (κ2) is 8.55. The van der Waals surface area contributed by atoms with Crippen molar-refractivity contribution in [2.75, 3.05) is 39.4 Å². The first-order chi connectivity index (χ1) is 12.2. The first-order valence-electron chi connectivity index (χ1n) is 8.52. The summed E-state index contributed by atoms with van der Waals surface area (Å²) in [5, 5.41) is 2.92. The Bertz CT molecular complexity index is 707. The molecule has 2 aromatic carbocycles. The molecule has 1 amide bonds. The molecule has 0 aliphatic carbocycles. The van der Waals surface area contributed by atoms with Gasteiger partial charge in [0.1, 0.15) is 0 Å². The van der Waals surface area contributed by atoms with E-state index in [0.29, 0.717) is 23.2 Å². The maximum Gasteiger partial charge on any atom is 0.251 e. The summed E-state index contributed by atoms with van der Waals surface area (Å²) in [4.78, 5) is 26.8. The molecule has 1 aliphatic rings.